The molecule has 0 aliphatic carbocycles. The average Bonchev–Trinajstić information content (AvgIpc) is 3.12. The van der Waals surface area contributed by atoms with E-state index in [1.54, 1.807) is 50.5 Å². The first-order chi connectivity index (χ1) is 17.2. The number of hydrogen-bond donors (Lipinski definition) is 5. The van der Waals surface area contributed by atoms with Gasteiger partial charge in [0.25, 0.3) is 0 Å². The van der Waals surface area contributed by atoms with Gasteiger partial charge in [0.05, 0.1) is 24.1 Å². The van der Waals surface area contributed by atoms with Gasteiger partial charge in [0.15, 0.2) is 11.7 Å². The molecule has 2 heterocycles. The Labute approximate surface area is 209 Å². The predicted octanol–water partition coefficient (Wildman–Crippen LogP) is 3.41. The molecule has 3 rings (SSSR count). The number of ketones is 1. The Kier molecular flexibility index (Phi) is 8.61. The molecular weight excluding hydrogens is 460 g/mol. The maximum Gasteiger partial charge on any atom is 0.244 e. The van der Waals surface area contributed by atoms with E-state index in [1.807, 2.05) is 24.3 Å². The fraction of sp³-hybridized carbons (Fsp3) is 0.259. The number of hydrogen-bond acceptors (Lipinski definition) is 6. The molecule has 0 saturated carbocycles. The van der Waals surface area contributed by atoms with Crippen LogP contribution in [0.2, 0.25) is 0 Å². The summed E-state index contributed by atoms with van der Waals surface area (Å²) in [4.78, 5) is 45.1. The topological polar surface area (TPSA) is 144 Å². The number of rotatable bonds is 10. The van der Waals surface area contributed by atoms with E-state index in [2.05, 4.69) is 20.6 Å². The summed E-state index contributed by atoms with van der Waals surface area (Å²) in [5, 5.41) is 25.5. The van der Waals surface area contributed by atoms with Crippen molar-refractivity contribution in [2.75, 3.05) is 0 Å². The van der Waals surface area contributed by atoms with Crippen molar-refractivity contribution in [2.24, 2.45) is 5.92 Å². The summed E-state index contributed by atoms with van der Waals surface area (Å²) in [6.45, 7) is 5.03. The van der Waals surface area contributed by atoms with Crippen LogP contribution in [0, 0.1) is 12.8 Å². The SMILES string of the molecule is Cc1c(O)[nH]c(O)c1C(=O)[C@@H](NC(=O)C[C@H](NC(=O)C=Cc1cccnc1)c1ccccc1)C(C)C. The minimum absolute atomic E-state index is 0.0695. The molecule has 9 nitrogen and oxygen atoms in total. The minimum Gasteiger partial charge on any atom is -0.494 e. The second kappa shape index (κ2) is 11.8. The van der Waals surface area contributed by atoms with Crippen molar-refractivity contribution in [3.8, 4) is 11.8 Å². The molecule has 2 aromatic heterocycles. The van der Waals surface area contributed by atoms with Gasteiger partial charge in [-0.3, -0.25) is 24.4 Å². The van der Waals surface area contributed by atoms with E-state index >= 15 is 0 Å². The van der Waals surface area contributed by atoms with Gasteiger partial charge < -0.3 is 20.8 Å². The fourth-order valence-electron chi connectivity index (χ4n) is 3.78. The van der Waals surface area contributed by atoms with Gasteiger partial charge in [-0.1, -0.05) is 50.2 Å². The molecule has 188 valence electrons. The van der Waals surface area contributed by atoms with Gasteiger partial charge in [-0.25, -0.2) is 0 Å². The first kappa shape index (κ1) is 26.2. The number of H-pyrrole nitrogens is 1. The maximum absolute atomic E-state index is 13.1. The molecular formula is C27H30N4O5. The molecule has 2 amide bonds. The van der Waals surface area contributed by atoms with Crippen molar-refractivity contribution >= 4 is 23.7 Å². The molecule has 5 N–H and O–H groups in total. The standard InChI is InChI=1S/C27H30N4O5/c1-16(2)24(25(34)23-17(3)26(35)31-27(23)36)30-22(33)14-20(19-9-5-4-6-10-19)29-21(32)12-11-18-8-7-13-28-15-18/h4-13,15-16,20,24,31,35-36H,14H2,1-3H3,(H,29,32)(H,30,33)/t20-,24-/m0/s1. The van der Waals surface area contributed by atoms with E-state index in [1.165, 1.54) is 13.0 Å². The van der Waals surface area contributed by atoms with Crippen LogP contribution >= 0.6 is 0 Å². The summed E-state index contributed by atoms with van der Waals surface area (Å²) >= 11 is 0. The lowest BCUT2D eigenvalue weighted by molar-refractivity contribution is -0.123. The van der Waals surface area contributed by atoms with Crippen molar-refractivity contribution in [3.05, 3.63) is 83.2 Å². The number of nitrogens with one attached hydrogen (secondary N) is 3. The van der Waals surface area contributed by atoms with Crippen molar-refractivity contribution in [2.45, 2.75) is 39.3 Å². The largest absolute Gasteiger partial charge is 0.494 e. The lowest BCUT2D eigenvalue weighted by Crippen LogP contribution is -2.45. The Balaban J connectivity index is 1.75. The molecule has 0 radical (unpaired) electrons. The molecule has 0 saturated heterocycles. The monoisotopic (exact) mass is 490 g/mol. The molecule has 0 fully saturated rings. The normalized spacial score (nSPS) is 12.9. The summed E-state index contributed by atoms with van der Waals surface area (Å²) in [6, 6.07) is 11.0. The lowest BCUT2D eigenvalue weighted by atomic mass is 9.93. The fourth-order valence-corrected chi connectivity index (χ4v) is 3.78. The van der Waals surface area contributed by atoms with Crippen LogP contribution in [0.5, 0.6) is 11.8 Å². The summed E-state index contributed by atoms with van der Waals surface area (Å²) in [5.74, 6) is -2.43. The third-order valence-corrected chi connectivity index (χ3v) is 5.74. The number of aromatic nitrogens is 2. The molecule has 0 unspecified atom stereocenters. The number of benzene rings is 1. The summed E-state index contributed by atoms with van der Waals surface area (Å²) < 4.78 is 0. The molecule has 0 spiro atoms. The highest BCUT2D eigenvalue weighted by Gasteiger charge is 2.31. The van der Waals surface area contributed by atoms with Crippen LogP contribution in [0.25, 0.3) is 6.08 Å². The maximum atomic E-state index is 13.1. The summed E-state index contributed by atoms with van der Waals surface area (Å²) in [7, 11) is 0. The van der Waals surface area contributed by atoms with Crippen LogP contribution in [0.1, 0.15) is 53.4 Å². The van der Waals surface area contributed by atoms with E-state index in [0.29, 0.717) is 0 Å². The van der Waals surface area contributed by atoms with Gasteiger partial charge in [-0.15, -0.1) is 0 Å². The first-order valence-corrected chi connectivity index (χ1v) is 11.5. The lowest BCUT2D eigenvalue weighted by Gasteiger charge is -2.24. The molecule has 0 aliphatic rings. The van der Waals surface area contributed by atoms with Gasteiger partial charge in [-0.05, 0) is 36.1 Å². The molecule has 9 heteroatoms. The second-order valence-electron chi connectivity index (χ2n) is 8.77. The quantitative estimate of drug-likeness (QED) is 0.218. The Morgan fingerprint density at radius 2 is 1.75 bits per heavy atom. The van der Waals surface area contributed by atoms with Crippen molar-refractivity contribution in [3.63, 3.8) is 0 Å². The van der Waals surface area contributed by atoms with Crippen molar-refractivity contribution < 1.29 is 24.6 Å². The number of amides is 2. The second-order valence-corrected chi connectivity index (χ2v) is 8.77. The molecule has 0 bridgehead atoms. The molecule has 3 aromatic rings. The molecule has 36 heavy (non-hydrogen) atoms. The van der Waals surface area contributed by atoms with Gasteiger partial charge in [0.2, 0.25) is 17.7 Å². The third-order valence-electron chi connectivity index (χ3n) is 5.74. The molecule has 0 aliphatic heterocycles. The smallest absolute Gasteiger partial charge is 0.244 e. The number of carbonyl (C=O) groups is 3. The third kappa shape index (κ3) is 6.59. The Morgan fingerprint density at radius 1 is 1.03 bits per heavy atom. The van der Waals surface area contributed by atoms with E-state index in [-0.39, 0.29) is 35.3 Å². The van der Waals surface area contributed by atoms with Crippen LogP contribution in [0.15, 0.2) is 60.9 Å². The van der Waals surface area contributed by atoms with E-state index in [9.17, 15) is 24.6 Å². The summed E-state index contributed by atoms with van der Waals surface area (Å²) in [5.41, 5.74) is 1.62. The number of pyridine rings is 1. The number of Topliss-reactive ketones (excluding diaryl/α,β-unsaturated/α-hetero) is 1. The predicted molar refractivity (Wildman–Crippen MR) is 135 cm³/mol. The van der Waals surface area contributed by atoms with Gasteiger partial charge in [0, 0.05) is 24.0 Å². The Hall–Kier alpha value is -4.40. The average molecular weight is 491 g/mol. The van der Waals surface area contributed by atoms with Crippen LogP contribution in [-0.2, 0) is 9.59 Å². The number of aromatic amines is 1. The van der Waals surface area contributed by atoms with Gasteiger partial charge >= 0.3 is 0 Å². The highest BCUT2D eigenvalue weighted by Crippen LogP contribution is 2.30. The Morgan fingerprint density at radius 3 is 2.33 bits per heavy atom. The van der Waals surface area contributed by atoms with Crippen LogP contribution in [0.4, 0.5) is 0 Å². The van der Waals surface area contributed by atoms with Crippen LogP contribution in [-0.4, -0.2) is 43.8 Å². The highest BCUT2D eigenvalue weighted by atomic mass is 16.3. The van der Waals surface area contributed by atoms with Gasteiger partial charge in [0.1, 0.15) is 0 Å². The van der Waals surface area contributed by atoms with Crippen LogP contribution in [0.3, 0.4) is 0 Å². The molecule has 1 aromatic carbocycles. The number of carbonyl (C=O) groups excluding carboxylic acids is 3. The zero-order valence-corrected chi connectivity index (χ0v) is 20.4. The van der Waals surface area contributed by atoms with E-state index < -0.39 is 29.7 Å². The zero-order chi connectivity index (χ0) is 26.2. The highest BCUT2D eigenvalue weighted by molar-refractivity contribution is 6.05. The van der Waals surface area contributed by atoms with Gasteiger partial charge in [-0.2, -0.15) is 0 Å². The van der Waals surface area contributed by atoms with E-state index in [0.717, 1.165) is 11.1 Å². The number of aromatic hydroxyl groups is 2. The first-order valence-electron chi connectivity index (χ1n) is 11.5. The van der Waals surface area contributed by atoms with Crippen molar-refractivity contribution in [1.29, 1.82) is 0 Å². The summed E-state index contributed by atoms with van der Waals surface area (Å²) in [6.07, 6.45) is 6.14. The Bertz CT molecular complexity index is 1240. The number of nitrogens with zero attached hydrogens (tertiary/aromatic N) is 1. The zero-order valence-electron chi connectivity index (χ0n) is 20.4. The molecule has 2 atom stereocenters. The van der Waals surface area contributed by atoms with Crippen molar-refractivity contribution in [1.82, 2.24) is 20.6 Å². The van der Waals surface area contributed by atoms with E-state index in [4.69, 9.17) is 0 Å². The minimum atomic E-state index is -0.949. The van der Waals surface area contributed by atoms with Crippen LogP contribution < -0.4 is 10.6 Å².